The average Bonchev–Trinajstić information content (AvgIpc) is 2.80. The molecule has 0 saturated carbocycles. The lowest BCUT2D eigenvalue weighted by atomic mass is 9.78. The fourth-order valence-electron chi connectivity index (χ4n) is 3.58. The molecular formula is C28H30O3. The average molecular weight is 415 g/mol. The van der Waals surface area contributed by atoms with E-state index < -0.39 is 0 Å². The van der Waals surface area contributed by atoms with Gasteiger partial charge < -0.3 is 14.2 Å². The Labute approximate surface area is 186 Å². The van der Waals surface area contributed by atoms with Gasteiger partial charge in [-0.2, -0.15) is 0 Å². The zero-order valence-corrected chi connectivity index (χ0v) is 18.6. The maximum absolute atomic E-state index is 5.99. The van der Waals surface area contributed by atoms with Crippen molar-refractivity contribution in [2.75, 3.05) is 13.7 Å². The van der Waals surface area contributed by atoms with Crippen molar-refractivity contribution in [1.82, 2.24) is 0 Å². The fourth-order valence-corrected chi connectivity index (χ4v) is 3.58. The number of benzene rings is 3. The SMILES string of the molecule is C#CC(C)(CCCc1cccc(Oc2ccc(OC)cc2)c1)c1ccc(OCC)cc1. The minimum absolute atomic E-state index is 0.304. The zero-order valence-electron chi connectivity index (χ0n) is 18.6. The van der Waals surface area contributed by atoms with Crippen molar-refractivity contribution >= 4 is 0 Å². The number of ether oxygens (including phenoxy) is 3. The summed E-state index contributed by atoms with van der Waals surface area (Å²) in [5.41, 5.74) is 2.08. The minimum Gasteiger partial charge on any atom is -0.497 e. The van der Waals surface area contributed by atoms with Gasteiger partial charge in [0.2, 0.25) is 0 Å². The molecule has 1 atom stereocenters. The Kier molecular flexibility index (Phi) is 7.62. The van der Waals surface area contributed by atoms with Gasteiger partial charge >= 0.3 is 0 Å². The van der Waals surface area contributed by atoms with Gasteiger partial charge in [0.1, 0.15) is 23.0 Å². The molecule has 0 fully saturated rings. The second kappa shape index (κ2) is 10.6. The molecule has 3 aromatic carbocycles. The van der Waals surface area contributed by atoms with Gasteiger partial charge in [0.15, 0.2) is 0 Å². The van der Waals surface area contributed by atoms with E-state index in [1.165, 1.54) is 5.56 Å². The van der Waals surface area contributed by atoms with E-state index in [9.17, 15) is 0 Å². The summed E-state index contributed by atoms with van der Waals surface area (Å²) in [7, 11) is 1.65. The van der Waals surface area contributed by atoms with Crippen LogP contribution >= 0.6 is 0 Å². The van der Waals surface area contributed by atoms with Crippen LogP contribution in [0.2, 0.25) is 0 Å². The van der Waals surface area contributed by atoms with E-state index in [1.54, 1.807) is 7.11 Å². The van der Waals surface area contributed by atoms with E-state index >= 15 is 0 Å². The summed E-state index contributed by atoms with van der Waals surface area (Å²) in [6, 6.07) is 24.0. The normalized spacial score (nSPS) is 12.5. The highest BCUT2D eigenvalue weighted by molar-refractivity contribution is 5.38. The topological polar surface area (TPSA) is 27.7 Å². The number of hydrogen-bond acceptors (Lipinski definition) is 3. The summed E-state index contributed by atoms with van der Waals surface area (Å²) in [5.74, 6) is 6.31. The summed E-state index contributed by atoms with van der Waals surface area (Å²) in [5, 5.41) is 0. The van der Waals surface area contributed by atoms with Gasteiger partial charge in [-0.05, 0) is 92.8 Å². The van der Waals surface area contributed by atoms with Crippen molar-refractivity contribution in [2.24, 2.45) is 0 Å². The van der Waals surface area contributed by atoms with Crippen LogP contribution in [0.15, 0.2) is 72.8 Å². The van der Waals surface area contributed by atoms with Crippen LogP contribution in [0.3, 0.4) is 0 Å². The first-order valence-corrected chi connectivity index (χ1v) is 10.7. The predicted molar refractivity (Wildman–Crippen MR) is 126 cm³/mol. The minimum atomic E-state index is -0.304. The predicted octanol–water partition coefficient (Wildman–Crippen LogP) is 6.80. The lowest BCUT2D eigenvalue weighted by Crippen LogP contribution is -2.19. The second-order valence-electron chi connectivity index (χ2n) is 7.71. The molecule has 0 heterocycles. The highest BCUT2D eigenvalue weighted by Gasteiger charge is 2.23. The molecule has 1 unspecified atom stereocenters. The molecule has 3 heteroatoms. The zero-order chi connectivity index (χ0) is 22.1. The van der Waals surface area contributed by atoms with Crippen LogP contribution in [0.5, 0.6) is 23.0 Å². The largest absolute Gasteiger partial charge is 0.497 e. The number of rotatable bonds is 10. The molecular weight excluding hydrogens is 384 g/mol. The van der Waals surface area contributed by atoms with E-state index in [2.05, 4.69) is 37.1 Å². The number of aryl methyl sites for hydroxylation is 1. The molecule has 31 heavy (non-hydrogen) atoms. The van der Waals surface area contributed by atoms with Crippen molar-refractivity contribution in [1.29, 1.82) is 0 Å². The van der Waals surface area contributed by atoms with Crippen molar-refractivity contribution < 1.29 is 14.2 Å². The summed E-state index contributed by atoms with van der Waals surface area (Å²) in [6.07, 6.45) is 8.76. The molecule has 160 valence electrons. The van der Waals surface area contributed by atoms with Crippen LogP contribution in [0.25, 0.3) is 0 Å². The number of methoxy groups -OCH3 is 1. The molecule has 0 bridgehead atoms. The highest BCUT2D eigenvalue weighted by atomic mass is 16.5. The first kappa shape index (κ1) is 22.3. The fraction of sp³-hybridized carbons (Fsp3) is 0.286. The Morgan fingerprint density at radius 2 is 1.55 bits per heavy atom. The first-order valence-electron chi connectivity index (χ1n) is 10.7. The second-order valence-corrected chi connectivity index (χ2v) is 7.71. The van der Waals surface area contributed by atoms with Gasteiger partial charge in [-0.25, -0.2) is 0 Å². The van der Waals surface area contributed by atoms with Crippen LogP contribution in [0, 0.1) is 12.3 Å². The van der Waals surface area contributed by atoms with Crippen molar-refractivity contribution in [2.45, 2.75) is 38.5 Å². The maximum Gasteiger partial charge on any atom is 0.127 e. The first-order chi connectivity index (χ1) is 15.1. The quantitative estimate of drug-likeness (QED) is 0.341. The molecule has 3 rings (SSSR count). The Bertz CT molecular complexity index is 1000. The molecule has 0 N–H and O–H groups in total. The van der Waals surface area contributed by atoms with E-state index in [0.29, 0.717) is 6.61 Å². The Morgan fingerprint density at radius 3 is 2.19 bits per heavy atom. The van der Waals surface area contributed by atoms with Crippen LogP contribution in [0.1, 0.15) is 37.8 Å². The Morgan fingerprint density at radius 1 is 0.871 bits per heavy atom. The smallest absolute Gasteiger partial charge is 0.127 e. The van der Waals surface area contributed by atoms with Crippen molar-refractivity contribution in [3.8, 4) is 35.3 Å². The third-order valence-corrected chi connectivity index (χ3v) is 5.46. The molecule has 3 nitrogen and oxygen atoms in total. The molecule has 0 amide bonds. The summed E-state index contributed by atoms with van der Waals surface area (Å²) < 4.78 is 16.7. The monoisotopic (exact) mass is 414 g/mol. The highest BCUT2D eigenvalue weighted by Crippen LogP contribution is 2.31. The van der Waals surface area contributed by atoms with Gasteiger partial charge in [-0.1, -0.05) is 30.2 Å². The standard InChI is InChI=1S/C28H30O3/c1-5-28(3,23-12-14-25(15-13-23)30-6-2)20-8-10-22-9-7-11-27(21-22)31-26-18-16-24(29-4)17-19-26/h1,7,9,11-19,21H,6,8,10,20H2,2-4H3. The van der Waals surface area contributed by atoms with Crippen molar-refractivity contribution in [3.05, 3.63) is 83.9 Å². The summed E-state index contributed by atoms with van der Waals surface area (Å²) in [6.45, 7) is 4.77. The maximum atomic E-state index is 5.99. The summed E-state index contributed by atoms with van der Waals surface area (Å²) >= 11 is 0. The number of terminal acetylenes is 1. The molecule has 3 aromatic rings. The lowest BCUT2D eigenvalue weighted by Gasteiger charge is -2.24. The van der Waals surface area contributed by atoms with Gasteiger partial charge in [0.05, 0.1) is 19.1 Å². The molecule has 0 aliphatic rings. The molecule has 0 radical (unpaired) electrons. The Balaban J connectivity index is 1.59. The van der Waals surface area contributed by atoms with E-state index in [0.717, 1.165) is 47.8 Å². The van der Waals surface area contributed by atoms with Gasteiger partial charge in [-0.3, -0.25) is 0 Å². The van der Waals surface area contributed by atoms with Gasteiger partial charge in [-0.15, -0.1) is 6.42 Å². The van der Waals surface area contributed by atoms with E-state index in [4.69, 9.17) is 20.6 Å². The van der Waals surface area contributed by atoms with Crippen LogP contribution in [-0.4, -0.2) is 13.7 Å². The van der Waals surface area contributed by atoms with Crippen LogP contribution in [-0.2, 0) is 11.8 Å². The van der Waals surface area contributed by atoms with Crippen molar-refractivity contribution in [3.63, 3.8) is 0 Å². The third kappa shape index (κ3) is 6.06. The molecule has 0 saturated heterocycles. The van der Waals surface area contributed by atoms with Gasteiger partial charge in [0, 0.05) is 0 Å². The van der Waals surface area contributed by atoms with E-state index in [-0.39, 0.29) is 5.41 Å². The molecule has 0 aliphatic carbocycles. The third-order valence-electron chi connectivity index (χ3n) is 5.46. The van der Waals surface area contributed by atoms with E-state index in [1.807, 2.05) is 55.5 Å². The summed E-state index contributed by atoms with van der Waals surface area (Å²) in [4.78, 5) is 0. The number of hydrogen-bond donors (Lipinski definition) is 0. The van der Waals surface area contributed by atoms with Gasteiger partial charge in [0.25, 0.3) is 0 Å². The molecule has 0 spiro atoms. The molecule has 0 aliphatic heterocycles. The Hall–Kier alpha value is -3.38. The molecule has 0 aromatic heterocycles. The van der Waals surface area contributed by atoms with Crippen LogP contribution in [0.4, 0.5) is 0 Å². The lowest BCUT2D eigenvalue weighted by molar-refractivity contribution is 0.340. The van der Waals surface area contributed by atoms with Crippen LogP contribution < -0.4 is 14.2 Å².